The summed E-state index contributed by atoms with van der Waals surface area (Å²) in [6.07, 6.45) is 0. The predicted octanol–water partition coefficient (Wildman–Crippen LogP) is 2.55. The first-order valence-corrected chi connectivity index (χ1v) is 8.62. The first kappa shape index (κ1) is 18.0. The molecule has 0 fully saturated rings. The summed E-state index contributed by atoms with van der Waals surface area (Å²) >= 11 is 0. The van der Waals surface area contributed by atoms with Crippen molar-refractivity contribution < 1.29 is 9.90 Å². The van der Waals surface area contributed by atoms with Crippen molar-refractivity contribution in [2.75, 3.05) is 0 Å². The Morgan fingerprint density at radius 1 is 1.03 bits per heavy atom. The zero-order chi connectivity index (χ0) is 20.7. The van der Waals surface area contributed by atoms with Crippen molar-refractivity contribution >= 4 is 17.0 Å². The van der Waals surface area contributed by atoms with E-state index >= 15 is 0 Å². The van der Waals surface area contributed by atoms with E-state index in [2.05, 4.69) is 9.97 Å². The highest BCUT2D eigenvalue weighted by Crippen LogP contribution is 2.22. The lowest BCUT2D eigenvalue weighted by atomic mass is 10.0. The van der Waals surface area contributed by atoms with Gasteiger partial charge in [0.25, 0.3) is 5.56 Å². The predicted molar refractivity (Wildman–Crippen MR) is 106 cm³/mol. The Bertz CT molecular complexity index is 1430. The molecule has 0 saturated heterocycles. The van der Waals surface area contributed by atoms with Gasteiger partial charge in [-0.15, -0.1) is 0 Å². The Morgan fingerprint density at radius 2 is 1.76 bits per heavy atom. The van der Waals surface area contributed by atoms with Crippen LogP contribution in [0.5, 0.6) is 0 Å². The molecule has 0 spiro atoms. The van der Waals surface area contributed by atoms with Crippen LogP contribution in [0.15, 0.2) is 58.1 Å². The van der Waals surface area contributed by atoms with Gasteiger partial charge in [0.1, 0.15) is 11.6 Å². The fourth-order valence-corrected chi connectivity index (χ4v) is 3.29. The largest absolute Gasteiger partial charge is 0.478 e. The second-order valence-corrected chi connectivity index (χ2v) is 6.49. The van der Waals surface area contributed by atoms with Gasteiger partial charge in [-0.1, -0.05) is 24.3 Å². The van der Waals surface area contributed by atoms with Crippen LogP contribution in [0.25, 0.3) is 27.8 Å². The third-order valence-electron chi connectivity index (χ3n) is 4.72. The van der Waals surface area contributed by atoms with Crippen LogP contribution in [-0.2, 0) is 0 Å². The van der Waals surface area contributed by atoms with Crippen molar-refractivity contribution in [1.82, 2.24) is 14.5 Å². The van der Waals surface area contributed by atoms with Gasteiger partial charge in [0.15, 0.2) is 0 Å². The minimum Gasteiger partial charge on any atom is -0.478 e. The molecule has 4 aromatic rings. The van der Waals surface area contributed by atoms with Crippen molar-refractivity contribution in [3.8, 4) is 22.9 Å². The smallest absolute Gasteiger partial charge is 0.335 e. The van der Waals surface area contributed by atoms with Crippen LogP contribution in [0.1, 0.15) is 21.6 Å². The molecule has 2 aromatic carbocycles. The normalized spacial score (nSPS) is 10.8. The number of aromatic nitrogens is 3. The Balaban J connectivity index is 1.83. The van der Waals surface area contributed by atoms with Gasteiger partial charge in [0.05, 0.1) is 22.3 Å². The van der Waals surface area contributed by atoms with Gasteiger partial charge < -0.3 is 15.1 Å². The van der Waals surface area contributed by atoms with Crippen molar-refractivity contribution in [3.63, 3.8) is 0 Å². The van der Waals surface area contributed by atoms with E-state index in [4.69, 9.17) is 5.11 Å². The molecule has 0 atom stereocenters. The van der Waals surface area contributed by atoms with Crippen molar-refractivity contribution in [2.45, 2.75) is 6.92 Å². The summed E-state index contributed by atoms with van der Waals surface area (Å²) in [5.41, 5.74) is 1.82. The molecular formula is C21H14N4O4. The van der Waals surface area contributed by atoms with Crippen LogP contribution < -0.4 is 11.2 Å². The van der Waals surface area contributed by atoms with E-state index in [-0.39, 0.29) is 22.2 Å². The van der Waals surface area contributed by atoms with Crippen molar-refractivity contribution in [3.05, 3.63) is 86.2 Å². The number of aromatic amines is 2. The van der Waals surface area contributed by atoms with Crippen LogP contribution in [-0.4, -0.2) is 25.6 Å². The zero-order valence-corrected chi connectivity index (χ0v) is 15.2. The number of rotatable bonds is 3. The maximum absolute atomic E-state index is 12.8. The van der Waals surface area contributed by atoms with E-state index in [1.165, 1.54) is 6.07 Å². The summed E-state index contributed by atoms with van der Waals surface area (Å²) in [5.74, 6) is -1.02. The number of nitriles is 1. The van der Waals surface area contributed by atoms with Gasteiger partial charge in [0, 0.05) is 5.69 Å². The van der Waals surface area contributed by atoms with Gasteiger partial charge in [-0.25, -0.2) is 14.2 Å². The number of aromatic carboxylic acids is 1. The van der Waals surface area contributed by atoms with E-state index < -0.39 is 17.2 Å². The van der Waals surface area contributed by atoms with E-state index in [0.717, 1.165) is 10.1 Å². The van der Waals surface area contributed by atoms with Gasteiger partial charge >= 0.3 is 11.7 Å². The van der Waals surface area contributed by atoms with E-state index in [9.17, 15) is 19.6 Å². The van der Waals surface area contributed by atoms with Crippen LogP contribution in [0.3, 0.4) is 0 Å². The minimum absolute atomic E-state index is 0.150. The summed E-state index contributed by atoms with van der Waals surface area (Å²) in [5, 5.41) is 18.4. The summed E-state index contributed by atoms with van der Waals surface area (Å²) in [6, 6.07) is 15.1. The summed E-state index contributed by atoms with van der Waals surface area (Å²) in [4.78, 5) is 42.0. The molecule has 0 bridgehead atoms. The van der Waals surface area contributed by atoms with Crippen LogP contribution in [0, 0.1) is 18.3 Å². The second-order valence-electron chi connectivity index (χ2n) is 6.49. The SMILES string of the molecule is Cc1[nH]c2c(=O)n(-c3ccc(-c4cccc(C(=O)O)c4)cc3)c(=O)[nH]c2c1C#N. The Labute approximate surface area is 163 Å². The maximum atomic E-state index is 12.8. The number of hydrogen-bond acceptors (Lipinski definition) is 4. The molecule has 4 rings (SSSR count). The van der Waals surface area contributed by atoms with Gasteiger partial charge in [-0.3, -0.25) is 4.79 Å². The third kappa shape index (κ3) is 2.91. The number of carbonyl (C=O) groups is 1. The quantitative estimate of drug-likeness (QED) is 0.498. The molecule has 29 heavy (non-hydrogen) atoms. The fourth-order valence-electron chi connectivity index (χ4n) is 3.29. The first-order chi connectivity index (χ1) is 13.9. The molecule has 142 valence electrons. The van der Waals surface area contributed by atoms with Crippen molar-refractivity contribution in [2.24, 2.45) is 0 Å². The van der Waals surface area contributed by atoms with E-state index in [1.807, 2.05) is 6.07 Å². The standard InChI is InChI=1S/C21H14N4O4/c1-11-16(10-22)17-18(23-11)19(26)25(21(29)24-17)15-7-5-12(6-8-15)13-3-2-4-14(9-13)20(27)28/h2-9,23H,1H3,(H,24,29)(H,27,28). The summed E-state index contributed by atoms with van der Waals surface area (Å²) in [6.45, 7) is 1.65. The summed E-state index contributed by atoms with van der Waals surface area (Å²) in [7, 11) is 0. The third-order valence-corrected chi connectivity index (χ3v) is 4.72. The minimum atomic E-state index is -1.02. The van der Waals surface area contributed by atoms with Crippen LogP contribution in [0.4, 0.5) is 0 Å². The number of hydrogen-bond donors (Lipinski definition) is 3. The average molecular weight is 386 g/mol. The highest BCUT2D eigenvalue weighted by molar-refractivity contribution is 5.89. The molecule has 0 aliphatic carbocycles. The van der Waals surface area contributed by atoms with Gasteiger partial charge in [-0.05, 0) is 42.3 Å². The van der Waals surface area contributed by atoms with Gasteiger partial charge in [0.2, 0.25) is 0 Å². The topological polar surface area (TPSA) is 132 Å². The molecule has 3 N–H and O–H groups in total. The fraction of sp³-hybridized carbons (Fsp3) is 0.0476. The second kappa shape index (κ2) is 6.65. The average Bonchev–Trinajstić information content (AvgIpc) is 3.04. The number of fused-ring (bicyclic) bond motifs is 1. The molecule has 0 amide bonds. The van der Waals surface area contributed by atoms with Crippen LogP contribution in [0.2, 0.25) is 0 Å². The Hall–Kier alpha value is -4.38. The molecule has 0 saturated carbocycles. The lowest BCUT2D eigenvalue weighted by molar-refractivity contribution is 0.0697. The van der Waals surface area contributed by atoms with E-state index in [0.29, 0.717) is 16.9 Å². The Morgan fingerprint density at radius 3 is 2.41 bits per heavy atom. The molecule has 0 radical (unpaired) electrons. The molecule has 2 aromatic heterocycles. The number of aryl methyl sites for hydroxylation is 1. The Kier molecular flexibility index (Phi) is 4.13. The van der Waals surface area contributed by atoms with Gasteiger partial charge in [-0.2, -0.15) is 5.26 Å². The number of carboxylic acid groups (broad SMARTS) is 1. The number of nitrogens with zero attached hydrogens (tertiary/aromatic N) is 2. The molecule has 2 heterocycles. The molecule has 0 aliphatic heterocycles. The zero-order valence-electron chi connectivity index (χ0n) is 15.2. The monoisotopic (exact) mass is 386 g/mol. The summed E-state index contributed by atoms with van der Waals surface area (Å²) < 4.78 is 0.983. The lowest BCUT2D eigenvalue weighted by Crippen LogP contribution is -2.33. The molecule has 0 unspecified atom stereocenters. The number of H-pyrrole nitrogens is 2. The van der Waals surface area contributed by atoms with Crippen LogP contribution >= 0.6 is 0 Å². The molecule has 0 aliphatic rings. The number of nitrogens with one attached hydrogen (secondary N) is 2. The highest BCUT2D eigenvalue weighted by atomic mass is 16.4. The first-order valence-electron chi connectivity index (χ1n) is 8.62. The van der Waals surface area contributed by atoms with Crippen molar-refractivity contribution in [1.29, 1.82) is 5.26 Å². The molecule has 8 nitrogen and oxygen atoms in total. The highest BCUT2D eigenvalue weighted by Gasteiger charge is 2.16. The number of benzene rings is 2. The number of carboxylic acids is 1. The molecular weight excluding hydrogens is 372 g/mol. The lowest BCUT2D eigenvalue weighted by Gasteiger charge is -2.07. The van der Waals surface area contributed by atoms with E-state index in [1.54, 1.807) is 49.4 Å². The maximum Gasteiger partial charge on any atom is 0.335 e. The molecule has 8 heteroatoms.